The Morgan fingerprint density at radius 2 is 2.05 bits per heavy atom. The number of benzene rings is 2. The van der Waals surface area contributed by atoms with Crippen LogP contribution < -0.4 is 4.74 Å². The van der Waals surface area contributed by atoms with Crippen LogP contribution in [0.25, 0.3) is 0 Å². The minimum Gasteiger partial charge on any atom is -0.450 e. The Morgan fingerprint density at radius 1 is 1.29 bits per heavy atom. The van der Waals surface area contributed by atoms with Crippen LogP contribution in [0.1, 0.15) is 11.1 Å². The highest BCUT2D eigenvalue weighted by Crippen LogP contribution is 2.35. The lowest BCUT2D eigenvalue weighted by Crippen LogP contribution is -1.96. The fourth-order valence-electron chi connectivity index (χ4n) is 1.67. The topological polar surface area (TPSA) is 76.2 Å². The highest BCUT2D eigenvalue weighted by atomic mass is 79.9. The summed E-state index contributed by atoms with van der Waals surface area (Å²) < 4.78 is 6.37. The lowest BCUT2D eigenvalue weighted by atomic mass is 10.2. The van der Waals surface area contributed by atoms with Crippen molar-refractivity contribution in [3.8, 4) is 17.6 Å². The van der Waals surface area contributed by atoms with Crippen LogP contribution in [-0.4, -0.2) is 4.92 Å². The summed E-state index contributed by atoms with van der Waals surface area (Å²) in [4.78, 5) is 10.5. The number of rotatable bonds is 4. The van der Waals surface area contributed by atoms with Crippen LogP contribution in [0.5, 0.6) is 11.5 Å². The summed E-state index contributed by atoms with van der Waals surface area (Å²) in [5.41, 5.74) is 0.633. The Kier molecular flexibility index (Phi) is 4.78. The second kappa shape index (κ2) is 6.57. The maximum Gasteiger partial charge on any atom is 0.312 e. The normalized spacial score (nSPS) is 9.95. The number of nitriles is 1. The highest BCUT2D eigenvalue weighted by molar-refractivity contribution is 9.10. The van der Waals surface area contributed by atoms with Gasteiger partial charge in [-0.15, -0.1) is 11.6 Å². The van der Waals surface area contributed by atoms with Crippen molar-refractivity contribution in [2.75, 3.05) is 0 Å². The first-order valence-corrected chi connectivity index (χ1v) is 7.08. The molecule has 0 aliphatic rings. The fraction of sp³-hybridized carbons (Fsp3) is 0.0714. The SMILES string of the molecule is N#Cc1ccc(Oc2cc(Br)ccc2CCl)c([N+](=O)[O-])c1. The summed E-state index contributed by atoms with van der Waals surface area (Å²) in [6.07, 6.45) is 0. The van der Waals surface area contributed by atoms with Gasteiger partial charge in [0, 0.05) is 16.1 Å². The number of halogens is 2. The van der Waals surface area contributed by atoms with E-state index >= 15 is 0 Å². The van der Waals surface area contributed by atoms with Crippen molar-refractivity contribution in [1.29, 1.82) is 5.26 Å². The van der Waals surface area contributed by atoms with Gasteiger partial charge < -0.3 is 4.74 Å². The lowest BCUT2D eigenvalue weighted by molar-refractivity contribution is -0.385. The first-order valence-electron chi connectivity index (χ1n) is 5.76. The summed E-state index contributed by atoms with van der Waals surface area (Å²) in [6.45, 7) is 0. The van der Waals surface area contributed by atoms with Crippen LogP contribution in [0, 0.1) is 21.4 Å². The van der Waals surface area contributed by atoms with E-state index in [0.29, 0.717) is 11.3 Å². The maximum absolute atomic E-state index is 11.1. The van der Waals surface area contributed by atoms with Gasteiger partial charge in [0.15, 0.2) is 0 Å². The molecule has 2 aromatic rings. The Hall–Kier alpha value is -2.10. The quantitative estimate of drug-likeness (QED) is 0.443. The third-order valence-corrected chi connectivity index (χ3v) is 3.46. The van der Waals surface area contributed by atoms with Gasteiger partial charge in [-0.3, -0.25) is 10.1 Å². The van der Waals surface area contributed by atoms with Crippen molar-refractivity contribution in [1.82, 2.24) is 0 Å². The van der Waals surface area contributed by atoms with Crippen LogP contribution >= 0.6 is 27.5 Å². The molecular weight excluding hydrogens is 360 g/mol. The van der Waals surface area contributed by atoms with Crippen LogP contribution in [0.15, 0.2) is 40.9 Å². The van der Waals surface area contributed by atoms with E-state index in [2.05, 4.69) is 15.9 Å². The van der Waals surface area contributed by atoms with Gasteiger partial charge in [0.05, 0.1) is 22.4 Å². The molecule has 0 spiro atoms. The van der Waals surface area contributed by atoms with Crippen molar-refractivity contribution in [2.24, 2.45) is 0 Å². The molecule has 21 heavy (non-hydrogen) atoms. The number of alkyl halides is 1. The zero-order chi connectivity index (χ0) is 15.4. The second-order valence-corrected chi connectivity index (χ2v) is 5.22. The van der Waals surface area contributed by atoms with E-state index in [1.54, 1.807) is 18.2 Å². The monoisotopic (exact) mass is 366 g/mol. The van der Waals surface area contributed by atoms with Gasteiger partial charge in [0.1, 0.15) is 5.75 Å². The lowest BCUT2D eigenvalue weighted by Gasteiger charge is -2.10. The number of nitro benzene ring substituents is 1. The van der Waals surface area contributed by atoms with Gasteiger partial charge in [-0.2, -0.15) is 5.26 Å². The van der Waals surface area contributed by atoms with Crippen molar-refractivity contribution in [3.63, 3.8) is 0 Å². The van der Waals surface area contributed by atoms with Crippen molar-refractivity contribution >= 4 is 33.2 Å². The third-order valence-electron chi connectivity index (χ3n) is 2.68. The zero-order valence-electron chi connectivity index (χ0n) is 10.5. The highest BCUT2D eigenvalue weighted by Gasteiger charge is 2.18. The Bertz CT molecular complexity index is 743. The van der Waals surface area contributed by atoms with E-state index in [9.17, 15) is 10.1 Å². The van der Waals surface area contributed by atoms with E-state index in [-0.39, 0.29) is 22.9 Å². The molecule has 0 N–H and O–H groups in total. The standard InChI is InChI=1S/C14H8BrClN2O3/c15-11-3-2-10(7-16)14(6-11)21-13-4-1-9(8-17)5-12(13)18(19)20/h1-6H,7H2. The van der Waals surface area contributed by atoms with Crippen LogP contribution in [-0.2, 0) is 5.88 Å². The van der Waals surface area contributed by atoms with Crippen LogP contribution in [0.3, 0.4) is 0 Å². The molecule has 0 radical (unpaired) electrons. The van der Waals surface area contributed by atoms with E-state index in [1.165, 1.54) is 18.2 Å². The summed E-state index contributed by atoms with van der Waals surface area (Å²) in [7, 11) is 0. The summed E-state index contributed by atoms with van der Waals surface area (Å²) in [5, 5.41) is 19.9. The Balaban J connectivity index is 2.47. The number of ether oxygens (including phenoxy) is 1. The van der Waals surface area contributed by atoms with Gasteiger partial charge in [-0.25, -0.2) is 0 Å². The molecule has 2 rings (SSSR count). The Labute approximate surface area is 134 Å². The predicted octanol–water partition coefficient (Wildman–Crippen LogP) is 4.76. The molecule has 0 aliphatic heterocycles. The van der Waals surface area contributed by atoms with Crippen molar-refractivity contribution in [2.45, 2.75) is 5.88 Å². The first-order chi connectivity index (χ1) is 10.0. The minimum absolute atomic E-state index is 0.0588. The smallest absolute Gasteiger partial charge is 0.312 e. The first kappa shape index (κ1) is 15.3. The molecule has 2 aromatic carbocycles. The zero-order valence-corrected chi connectivity index (χ0v) is 12.9. The summed E-state index contributed by atoms with van der Waals surface area (Å²) in [5.74, 6) is 0.697. The van der Waals surface area contributed by atoms with Crippen LogP contribution in [0.2, 0.25) is 0 Å². The van der Waals surface area contributed by atoms with Crippen LogP contribution in [0.4, 0.5) is 5.69 Å². The predicted molar refractivity (Wildman–Crippen MR) is 81.6 cm³/mol. The molecule has 0 fully saturated rings. The molecule has 0 bridgehead atoms. The number of nitrogens with zero attached hydrogens (tertiary/aromatic N) is 2. The van der Waals surface area contributed by atoms with Gasteiger partial charge in [0.25, 0.3) is 0 Å². The number of hydrogen-bond acceptors (Lipinski definition) is 4. The fourth-order valence-corrected chi connectivity index (χ4v) is 2.23. The molecule has 7 heteroatoms. The van der Waals surface area contributed by atoms with E-state index in [4.69, 9.17) is 21.6 Å². The van der Waals surface area contributed by atoms with Gasteiger partial charge >= 0.3 is 5.69 Å². The molecule has 0 saturated carbocycles. The van der Waals surface area contributed by atoms with E-state index in [1.807, 2.05) is 6.07 Å². The number of hydrogen-bond donors (Lipinski definition) is 0. The minimum atomic E-state index is -0.589. The molecule has 0 unspecified atom stereocenters. The molecule has 0 saturated heterocycles. The van der Waals surface area contributed by atoms with Crippen molar-refractivity contribution < 1.29 is 9.66 Å². The van der Waals surface area contributed by atoms with Crippen molar-refractivity contribution in [3.05, 3.63) is 62.1 Å². The van der Waals surface area contributed by atoms with Gasteiger partial charge in [-0.1, -0.05) is 22.0 Å². The molecular formula is C14H8BrClN2O3. The summed E-state index contributed by atoms with van der Waals surface area (Å²) >= 11 is 9.14. The van der Waals surface area contributed by atoms with E-state index in [0.717, 1.165) is 4.47 Å². The molecule has 106 valence electrons. The summed E-state index contributed by atoms with van der Waals surface area (Å²) in [6, 6.07) is 11.1. The molecule has 0 heterocycles. The molecule has 0 atom stereocenters. The molecule has 5 nitrogen and oxygen atoms in total. The molecule has 0 aliphatic carbocycles. The third kappa shape index (κ3) is 3.51. The molecule has 0 amide bonds. The maximum atomic E-state index is 11.1. The largest absolute Gasteiger partial charge is 0.450 e. The van der Waals surface area contributed by atoms with Gasteiger partial charge in [0.2, 0.25) is 5.75 Å². The van der Waals surface area contributed by atoms with E-state index < -0.39 is 4.92 Å². The average molecular weight is 368 g/mol. The Morgan fingerprint density at radius 3 is 2.67 bits per heavy atom. The second-order valence-electron chi connectivity index (χ2n) is 4.04. The van der Waals surface area contributed by atoms with Gasteiger partial charge in [-0.05, 0) is 24.3 Å². The molecule has 0 aromatic heterocycles. The average Bonchev–Trinajstić information content (AvgIpc) is 2.47. The number of nitro groups is 1.